The van der Waals surface area contributed by atoms with Gasteiger partial charge in [-0.1, -0.05) is 0 Å². The molecule has 94 valence electrons. The molecule has 8 heteroatoms. The van der Waals surface area contributed by atoms with Crippen molar-refractivity contribution in [2.45, 2.75) is 18.9 Å². The van der Waals surface area contributed by atoms with Gasteiger partial charge in [-0.25, -0.2) is 8.78 Å². The number of alkyl halides is 2. The second-order valence-corrected chi connectivity index (χ2v) is 4.43. The van der Waals surface area contributed by atoms with Crippen molar-refractivity contribution in [3.05, 3.63) is 15.9 Å². The lowest BCUT2D eigenvalue weighted by Crippen LogP contribution is -2.18. The van der Waals surface area contributed by atoms with E-state index in [0.717, 1.165) is 4.68 Å². The zero-order valence-electron chi connectivity index (χ0n) is 8.70. The molecule has 0 unspecified atom stereocenters. The quantitative estimate of drug-likeness (QED) is 0.923. The summed E-state index contributed by atoms with van der Waals surface area (Å²) < 4.78 is 32.3. The Kier molecular flexibility index (Phi) is 3.43. The number of ether oxygens (including phenoxy) is 1. The Hall–Kier alpha value is -1.02. The van der Waals surface area contributed by atoms with Crippen molar-refractivity contribution in [2.75, 3.05) is 13.2 Å². The van der Waals surface area contributed by atoms with Gasteiger partial charge in [0, 0.05) is 6.61 Å². The molecule has 1 aliphatic rings. The van der Waals surface area contributed by atoms with Gasteiger partial charge in [-0.15, -0.1) is 0 Å². The number of primary amides is 1. The van der Waals surface area contributed by atoms with Crippen LogP contribution in [0, 0.1) is 0 Å². The van der Waals surface area contributed by atoms with Crippen LogP contribution in [-0.4, -0.2) is 28.9 Å². The Bertz CT molecular complexity index is 444. The summed E-state index contributed by atoms with van der Waals surface area (Å²) in [5.41, 5.74) is 4.38. The summed E-state index contributed by atoms with van der Waals surface area (Å²) in [6.07, 6.45) is -2.22. The molecule has 0 aliphatic carbocycles. The van der Waals surface area contributed by atoms with Gasteiger partial charge in [0.25, 0.3) is 12.3 Å². The molecule has 0 radical (unpaired) electrons. The first-order chi connectivity index (χ1) is 8.02. The van der Waals surface area contributed by atoms with Gasteiger partial charge in [-0.05, 0) is 22.4 Å². The van der Waals surface area contributed by atoms with E-state index in [1.807, 2.05) is 0 Å². The van der Waals surface area contributed by atoms with Crippen molar-refractivity contribution in [3.8, 4) is 0 Å². The normalized spacial score (nSPS) is 20.1. The van der Waals surface area contributed by atoms with Crippen LogP contribution in [0.4, 0.5) is 8.78 Å². The highest BCUT2D eigenvalue weighted by atomic mass is 79.9. The standard InChI is InChI=1S/C9H10BrF2N3O2/c10-7-5(9(13)16)6(8(11)12)15(14-7)4-1-2-17-3-4/h4,8H,1-3H2,(H2,13,16)/t4-/m0/s1. The molecule has 0 bridgehead atoms. The Labute approximate surface area is 104 Å². The number of nitrogens with two attached hydrogens (primary N) is 1. The van der Waals surface area contributed by atoms with Gasteiger partial charge < -0.3 is 10.5 Å². The molecular formula is C9H10BrF2N3O2. The monoisotopic (exact) mass is 309 g/mol. The minimum Gasteiger partial charge on any atom is -0.379 e. The summed E-state index contributed by atoms with van der Waals surface area (Å²) in [6.45, 7) is 0.808. The molecule has 2 rings (SSSR count). The second kappa shape index (κ2) is 4.69. The molecule has 17 heavy (non-hydrogen) atoms. The second-order valence-electron chi connectivity index (χ2n) is 3.68. The topological polar surface area (TPSA) is 70.1 Å². The maximum Gasteiger partial charge on any atom is 0.280 e. The lowest BCUT2D eigenvalue weighted by Gasteiger charge is -2.12. The van der Waals surface area contributed by atoms with E-state index in [1.165, 1.54) is 0 Å². The Balaban J connectivity index is 2.51. The van der Waals surface area contributed by atoms with E-state index in [9.17, 15) is 13.6 Å². The molecule has 0 saturated carbocycles. The minimum atomic E-state index is -2.81. The first-order valence-corrected chi connectivity index (χ1v) is 5.75. The zero-order valence-corrected chi connectivity index (χ0v) is 10.3. The van der Waals surface area contributed by atoms with E-state index < -0.39 is 18.0 Å². The minimum absolute atomic E-state index is 0.0483. The van der Waals surface area contributed by atoms with Crippen LogP contribution in [0.2, 0.25) is 0 Å². The van der Waals surface area contributed by atoms with E-state index in [2.05, 4.69) is 21.0 Å². The number of rotatable bonds is 3. The van der Waals surface area contributed by atoms with Crippen molar-refractivity contribution in [2.24, 2.45) is 5.73 Å². The largest absolute Gasteiger partial charge is 0.379 e. The first kappa shape index (κ1) is 12.4. The fourth-order valence-electron chi connectivity index (χ4n) is 1.85. The zero-order chi connectivity index (χ0) is 12.6. The molecule has 5 nitrogen and oxygen atoms in total. The highest BCUT2D eigenvalue weighted by Gasteiger charge is 2.31. The number of nitrogens with zero attached hydrogens (tertiary/aromatic N) is 2. The summed E-state index contributed by atoms with van der Waals surface area (Å²) >= 11 is 2.98. The molecule has 1 atom stereocenters. The van der Waals surface area contributed by atoms with E-state index in [0.29, 0.717) is 19.6 Å². The Morgan fingerprint density at radius 1 is 1.65 bits per heavy atom. The van der Waals surface area contributed by atoms with Crippen molar-refractivity contribution in [1.29, 1.82) is 0 Å². The van der Waals surface area contributed by atoms with Gasteiger partial charge in [-0.3, -0.25) is 9.48 Å². The van der Waals surface area contributed by atoms with Gasteiger partial charge in [0.2, 0.25) is 0 Å². The van der Waals surface area contributed by atoms with Crippen LogP contribution in [0.1, 0.15) is 34.9 Å². The van der Waals surface area contributed by atoms with Crippen LogP contribution >= 0.6 is 15.9 Å². The molecular weight excluding hydrogens is 300 g/mol. The van der Waals surface area contributed by atoms with Crippen molar-refractivity contribution >= 4 is 21.8 Å². The maximum absolute atomic E-state index is 13.0. The fourth-order valence-corrected chi connectivity index (χ4v) is 2.42. The third kappa shape index (κ3) is 2.19. The molecule has 1 aromatic heterocycles. The van der Waals surface area contributed by atoms with Crippen LogP contribution in [0.15, 0.2) is 4.60 Å². The average molecular weight is 310 g/mol. The van der Waals surface area contributed by atoms with Gasteiger partial charge >= 0.3 is 0 Å². The third-order valence-electron chi connectivity index (χ3n) is 2.61. The number of hydrogen-bond donors (Lipinski definition) is 1. The van der Waals surface area contributed by atoms with Crippen molar-refractivity contribution in [1.82, 2.24) is 9.78 Å². The number of hydrogen-bond acceptors (Lipinski definition) is 3. The molecule has 1 aliphatic heterocycles. The third-order valence-corrected chi connectivity index (χ3v) is 3.16. The van der Waals surface area contributed by atoms with Gasteiger partial charge in [0.15, 0.2) is 0 Å². The molecule has 1 fully saturated rings. The molecule has 0 aromatic carbocycles. The lowest BCUT2D eigenvalue weighted by molar-refractivity contribution is 0.0977. The SMILES string of the molecule is NC(=O)c1c(Br)nn([C@H]2CCOC2)c1C(F)F. The van der Waals surface area contributed by atoms with Gasteiger partial charge in [0.05, 0.1) is 12.6 Å². The predicted octanol–water partition coefficient (Wildman–Crippen LogP) is 1.64. The first-order valence-electron chi connectivity index (χ1n) is 4.96. The smallest absolute Gasteiger partial charge is 0.280 e. The highest BCUT2D eigenvalue weighted by Crippen LogP contribution is 2.32. The van der Waals surface area contributed by atoms with Crippen LogP contribution in [0.5, 0.6) is 0 Å². The number of amides is 1. The van der Waals surface area contributed by atoms with E-state index in [4.69, 9.17) is 10.5 Å². The van der Waals surface area contributed by atoms with E-state index in [1.54, 1.807) is 0 Å². The average Bonchev–Trinajstić information content (AvgIpc) is 2.82. The summed E-state index contributed by atoms with van der Waals surface area (Å²) in [6, 6.07) is -0.275. The molecule has 1 aromatic rings. The number of carbonyl (C=O) groups is 1. The lowest BCUT2D eigenvalue weighted by atomic mass is 10.2. The Morgan fingerprint density at radius 2 is 2.35 bits per heavy atom. The fraction of sp³-hybridized carbons (Fsp3) is 0.556. The van der Waals surface area contributed by atoms with Crippen LogP contribution in [-0.2, 0) is 4.74 Å². The summed E-state index contributed by atoms with van der Waals surface area (Å²) in [5.74, 6) is -0.919. The van der Waals surface area contributed by atoms with Crippen LogP contribution in [0.3, 0.4) is 0 Å². The van der Waals surface area contributed by atoms with Crippen molar-refractivity contribution < 1.29 is 18.3 Å². The molecule has 2 N–H and O–H groups in total. The maximum atomic E-state index is 13.0. The van der Waals surface area contributed by atoms with Crippen molar-refractivity contribution in [3.63, 3.8) is 0 Å². The van der Waals surface area contributed by atoms with E-state index >= 15 is 0 Å². The van der Waals surface area contributed by atoms with Gasteiger partial charge in [-0.2, -0.15) is 5.10 Å². The predicted molar refractivity (Wildman–Crippen MR) is 57.9 cm³/mol. The van der Waals surface area contributed by atoms with Crippen LogP contribution < -0.4 is 5.73 Å². The summed E-state index contributed by atoms with van der Waals surface area (Å²) in [4.78, 5) is 11.1. The molecule has 0 spiro atoms. The number of carbonyl (C=O) groups excluding carboxylic acids is 1. The van der Waals surface area contributed by atoms with Gasteiger partial charge in [0.1, 0.15) is 15.9 Å². The van der Waals surface area contributed by atoms with Crippen LogP contribution in [0.25, 0.3) is 0 Å². The molecule has 1 amide bonds. The summed E-state index contributed by atoms with van der Waals surface area (Å²) in [7, 11) is 0. The summed E-state index contributed by atoms with van der Waals surface area (Å²) in [5, 5.41) is 3.91. The molecule has 2 heterocycles. The number of aromatic nitrogens is 2. The van der Waals surface area contributed by atoms with E-state index in [-0.39, 0.29) is 16.2 Å². The Morgan fingerprint density at radius 3 is 2.82 bits per heavy atom. The molecule has 1 saturated heterocycles. The highest BCUT2D eigenvalue weighted by molar-refractivity contribution is 9.10. The number of halogens is 3.